The molecule has 0 aromatic heterocycles. The van der Waals surface area contributed by atoms with Crippen LogP contribution < -0.4 is 15.4 Å². The van der Waals surface area contributed by atoms with Gasteiger partial charge < -0.3 is 25.6 Å². The second-order valence-electron chi connectivity index (χ2n) is 10.4. The van der Waals surface area contributed by atoms with E-state index in [1.165, 1.54) is 18.4 Å². The number of carboxylic acids is 1. The molecule has 2 saturated carbocycles. The molecule has 5 aliphatic rings. The number of ether oxygens (including phenoxy) is 1. The van der Waals surface area contributed by atoms with Crippen LogP contribution in [0.25, 0.3) is 0 Å². The minimum atomic E-state index is -0.902. The molecule has 0 radical (unpaired) electrons. The zero-order valence-electron chi connectivity index (χ0n) is 18.4. The van der Waals surface area contributed by atoms with Crippen molar-refractivity contribution in [1.82, 2.24) is 15.5 Å². The molecule has 1 saturated heterocycles. The zero-order valence-corrected chi connectivity index (χ0v) is 18.4. The number of carbonyl (C=O) groups is 2. The van der Waals surface area contributed by atoms with E-state index in [2.05, 4.69) is 15.5 Å². The van der Waals surface area contributed by atoms with E-state index in [0.29, 0.717) is 12.2 Å². The van der Waals surface area contributed by atoms with E-state index in [-0.39, 0.29) is 36.4 Å². The van der Waals surface area contributed by atoms with Gasteiger partial charge in [-0.2, -0.15) is 0 Å². The number of piperidine rings is 1. The Labute approximate surface area is 187 Å². The van der Waals surface area contributed by atoms with Crippen molar-refractivity contribution in [3.8, 4) is 11.5 Å². The van der Waals surface area contributed by atoms with Gasteiger partial charge in [-0.3, -0.25) is 14.5 Å². The molecule has 3 fully saturated rings. The number of benzene rings is 1. The molecular formula is C24H31N3O5. The van der Waals surface area contributed by atoms with Crippen LogP contribution in [-0.4, -0.2) is 70.4 Å². The Balaban J connectivity index is 1.52. The standard InChI is InChI=1S/C24H31N3O5/c1-13(28)26-24-7-6-16(25-11-19(30)31)22-23(24)8-9-27(12-14-2-3-14)18(24)10-15-4-5-17(29)21(32-22)20(15)23/h4-5,14,16,18,22,25,29H,2-3,6-12H2,1H3,(H,26,28)(H,30,31)/t16?,18-,22?,23+,24-/m1/s1. The fourth-order valence-electron chi connectivity index (χ4n) is 7.52. The van der Waals surface area contributed by atoms with Crippen molar-refractivity contribution in [2.24, 2.45) is 5.92 Å². The van der Waals surface area contributed by atoms with E-state index in [1.54, 1.807) is 13.0 Å². The highest BCUT2D eigenvalue weighted by Gasteiger charge is 2.73. The maximum absolute atomic E-state index is 12.6. The average Bonchev–Trinajstić information content (AvgIpc) is 3.47. The van der Waals surface area contributed by atoms with Crippen molar-refractivity contribution in [2.45, 2.75) is 74.6 Å². The van der Waals surface area contributed by atoms with Gasteiger partial charge in [0.1, 0.15) is 6.10 Å². The summed E-state index contributed by atoms with van der Waals surface area (Å²) in [5, 5.41) is 26.6. The molecule has 1 amide bonds. The fraction of sp³-hybridized carbons (Fsp3) is 0.667. The first-order valence-electron chi connectivity index (χ1n) is 11.9. The van der Waals surface area contributed by atoms with E-state index < -0.39 is 16.9 Å². The van der Waals surface area contributed by atoms with E-state index >= 15 is 0 Å². The summed E-state index contributed by atoms with van der Waals surface area (Å²) < 4.78 is 6.51. The van der Waals surface area contributed by atoms with Gasteiger partial charge in [-0.05, 0) is 62.6 Å². The fourth-order valence-corrected chi connectivity index (χ4v) is 7.52. The topological polar surface area (TPSA) is 111 Å². The van der Waals surface area contributed by atoms with Crippen LogP contribution in [0.4, 0.5) is 0 Å². The number of aromatic hydroxyl groups is 1. The lowest BCUT2D eigenvalue weighted by molar-refractivity contribution is -0.138. The van der Waals surface area contributed by atoms with Gasteiger partial charge in [0, 0.05) is 31.1 Å². The first-order valence-corrected chi connectivity index (χ1v) is 11.9. The molecule has 2 heterocycles. The lowest BCUT2D eigenvalue weighted by Gasteiger charge is -2.66. The SMILES string of the molecule is CC(=O)N[C@@]12CCC(NCC(=O)O)C3Oc4c(O)ccc5c4[C@@]31CCN(CC1CC1)[C@@H]2C5. The Hall–Kier alpha value is -2.32. The molecule has 1 aromatic rings. The van der Waals surface area contributed by atoms with Crippen LogP contribution >= 0.6 is 0 Å². The highest BCUT2D eigenvalue weighted by Crippen LogP contribution is 2.65. The molecule has 4 N–H and O–H groups in total. The number of hydrogen-bond acceptors (Lipinski definition) is 6. The molecule has 2 bridgehead atoms. The van der Waals surface area contributed by atoms with Crippen LogP contribution in [0.1, 0.15) is 50.2 Å². The van der Waals surface area contributed by atoms with Crippen LogP contribution in [0.2, 0.25) is 0 Å². The molecule has 5 atom stereocenters. The normalized spacial score (nSPS) is 36.8. The summed E-state index contributed by atoms with van der Waals surface area (Å²) in [6, 6.07) is 3.73. The van der Waals surface area contributed by atoms with Gasteiger partial charge in [0.15, 0.2) is 11.5 Å². The second-order valence-corrected chi connectivity index (χ2v) is 10.4. The molecule has 172 valence electrons. The van der Waals surface area contributed by atoms with Crippen LogP contribution in [-0.2, 0) is 21.4 Å². The monoisotopic (exact) mass is 441 g/mol. The number of carbonyl (C=O) groups excluding carboxylic acids is 1. The quantitative estimate of drug-likeness (QED) is 0.524. The maximum Gasteiger partial charge on any atom is 0.317 e. The molecule has 6 rings (SSSR count). The number of aliphatic carboxylic acids is 1. The summed E-state index contributed by atoms with van der Waals surface area (Å²) in [4.78, 5) is 26.5. The number of hydrogen-bond donors (Lipinski definition) is 4. The Bertz CT molecular complexity index is 994. The molecule has 2 aliphatic heterocycles. The predicted molar refractivity (Wildman–Crippen MR) is 116 cm³/mol. The first kappa shape index (κ1) is 20.3. The summed E-state index contributed by atoms with van der Waals surface area (Å²) in [5.41, 5.74) is 1.25. The van der Waals surface area contributed by atoms with Crippen LogP contribution in [0.15, 0.2) is 12.1 Å². The molecule has 2 unspecified atom stereocenters. The maximum atomic E-state index is 12.6. The molecule has 3 aliphatic carbocycles. The van der Waals surface area contributed by atoms with Gasteiger partial charge in [-0.1, -0.05) is 6.07 Å². The van der Waals surface area contributed by atoms with Gasteiger partial charge in [-0.15, -0.1) is 0 Å². The first-order chi connectivity index (χ1) is 15.4. The summed E-state index contributed by atoms with van der Waals surface area (Å²) in [6.07, 6.45) is 5.32. The van der Waals surface area contributed by atoms with Crippen molar-refractivity contribution in [1.29, 1.82) is 0 Å². The molecular weight excluding hydrogens is 410 g/mol. The van der Waals surface area contributed by atoms with Crippen molar-refractivity contribution in [3.63, 3.8) is 0 Å². The van der Waals surface area contributed by atoms with Gasteiger partial charge in [0.05, 0.1) is 17.5 Å². The number of carboxylic acid groups (broad SMARTS) is 1. The van der Waals surface area contributed by atoms with Crippen LogP contribution in [0.5, 0.6) is 11.5 Å². The minimum Gasteiger partial charge on any atom is -0.504 e. The van der Waals surface area contributed by atoms with Gasteiger partial charge in [0.2, 0.25) is 5.91 Å². The Morgan fingerprint density at radius 1 is 1.25 bits per heavy atom. The third kappa shape index (κ3) is 2.62. The van der Waals surface area contributed by atoms with Gasteiger partial charge in [-0.25, -0.2) is 0 Å². The number of phenolic OH excluding ortho intramolecular Hbond substituents is 1. The minimum absolute atomic E-state index is 0.0459. The Morgan fingerprint density at radius 3 is 2.78 bits per heavy atom. The smallest absolute Gasteiger partial charge is 0.317 e. The molecule has 8 heteroatoms. The van der Waals surface area contributed by atoms with Gasteiger partial charge >= 0.3 is 5.97 Å². The number of amides is 1. The van der Waals surface area contributed by atoms with Crippen LogP contribution in [0.3, 0.4) is 0 Å². The number of phenols is 1. The summed E-state index contributed by atoms with van der Waals surface area (Å²) in [5.74, 6) is 0.455. The highest BCUT2D eigenvalue weighted by atomic mass is 16.5. The second kappa shape index (κ2) is 6.84. The third-order valence-electron chi connectivity index (χ3n) is 8.73. The lowest BCUT2D eigenvalue weighted by Crippen LogP contribution is -2.83. The highest BCUT2D eigenvalue weighted by molar-refractivity contribution is 5.76. The molecule has 8 nitrogen and oxygen atoms in total. The van der Waals surface area contributed by atoms with Crippen molar-refractivity contribution in [3.05, 3.63) is 23.3 Å². The van der Waals surface area contributed by atoms with Gasteiger partial charge in [0.25, 0.3) is 0 Å². The third-order valence-corrected chi connectivity index (χ3v) is 8.73. The number of nitrogens with zero attached hydrogens (tertiary/aromatic N) is 1. The summed E-state index contributed by atoms with van der Waals surface area (Å²) in [7, 11) is 0. The molecule has 1 spiro atoms. The predicted octanol–water partition coefficient (Wildman–Crippen LogP) is 1.14. The molecule has 32 heavy (non-hydrogen) atoms. The molecule has 1 aromatic carbocycles. The number of nitrogens with one attached hydrogen (secondary N) is 2. The number of rotatable bonds is 6. The number of likely N-dealkylation sites (tertiary alicyclic amines) is 1. The van der Waals surface area contributed by atoms with Crippen LogP contribution in [0, 0.1) is 5.92 Å². The van der Waals surface area contributed by atoms with E-state index in [1.807, 2.05) is 6.07 Å². The Kier molecular flexibility index (Phi) is 4.34. The van der Waals surface area contributed by atoms with Crippen molar-refractivity contribution >= 4 is 11.9 Å². The van der Waals surface area contributed by atoms with E-state index in [4.69, 9.17) is 4.74 Å². The van der Waals surface area contributed by atoms with Crippen molar-refractivity contribution in [2.75, 3.05) is 19.6 Å². The summed E-state index contributed by atoms with van der Waals surface area (Å²) in [6.45, 7) is 3.43. The average molecular weight is 442 g/mol. The lowest BCUT2D eigenvalue weighted by atomic mass is 9.46. The largest absolute Gasteiger partial charge is 0.504 e. The van der Waals surface area contributed by atoms with E-state index in [9.17, 15) is 19.8 Å². The zero-order chi connectivity index (χ0) is 22.3. The van der Waals surface area contributed by atoms with E-state index in [0.717, 1.165) is 43.8 Å². The summed E-state index contributed by atoms with van der Waals surface area (Å²) >= 11 is 0. The van der Waals surface area contributed by atoms with Crippen molar-refractivity contribution < 1.29 is 24.5 Å². The Morgan fingerprint density at radius 2 is 2.06 bits per heavy atom.